The summed E-state index contributed by atoms with van der Waals surface area (Å²) < 4.78 is 6.98. The standard InChI is InChI=1S/C25H30ClN3O3/c1-3-4-10-23-27-24(26)22(18-30)29(23)17-21-13-11-20(12-14-21)16-28(25(31)32-2)15-19-8-6-5-7-9-19/h5-9,11-14,30H,3-4,10,15-18H2,1-2H3. The highest BCUT2D eigenvalue weighted by Gasteiger charge is 2.17. The molecule has 0 saturated carbocycles. The van der Waals surface area contributed by atoms with E-state index in [-0.39, 0.29) is 12.7 Å². The maximum absolute atomic E-state index is 12.3. The molecule has 1 amide bonds. The van der Waals surface area contributed by atoms with Crippen LogP contribution in [0.4, 0.5) is 4.79 Å². The summed E-state index contributed by atoms with van der Waals surface area (Å²) in [5, 5.41) is 10.1. The van der Waals surface area contributed by atoms with Crippen LogP contribution in [-0.2, 0) is 37.4 Å². The molecule has 0 radical (unpaired) electrons. The lowest BCUT2D eigenvalue weighted by molar-refractivity contribution is 0.118. The summed E-state index contributed by atoms with van der Waals surface area (Å²) in [6, 6.07) is 17.9. The number of aliphatic hydroxyl groups is 1. The van der Waals surface area contributed by atoms with E-state index in [0.717, 1.165) is 41.8 Å². The fourth-order valence-corrected chi connectivity index (χ4v) is 3.90. The number of methoxy groups -OCH3 is 1. The van der Waals surface area contributed by atoms with Crippen molar-refractivity contribution in [3.05, 3.63) is 88.0 Å². The Labute approximate surface area is 194 Å². The molecule has 0 saturated heterocycles. The maximum atomic E-state index is 12.3. The summed E-state index contributed by atoms with van der Waals surface area (Å²) in [6.45, 7) is 3.49. The third-order valence-corrected chi connectivity index (χ3v) is 5.70. The largest absolute Gasteiger partial charge is 0.453 e. The molecular weight excluding hydrogens is 426 g/mol. The number of imidazole rings is 1. The van der Waals surface area contributed by atoms with Crippen LogP contribution in [0, 0.1) is 0 Å². The number of aliphatic hydroxyl groups excluding tert-OH is 1. The molecule has 3 aromatic rings. The quantitative estimate of drug-likeness (QED) is 0.457. The van der Waals surface area contributed by atoms with E-state index in [9.17, 15) is 9.90 Å². The van der Waals surface area contributed by atoms with Gasteiger partial charge in [0, 0.05) is 26.1 Å². The van der Waals surface area contributed by atoms with E-state index in [1.165, 1.54) is 7.11 Å². The van der Waals surface area contributed by atoms with Crippen LogP contribution in [-0.4, -0.2) is 32.8 Å². The molecule has 3 rings (SSSR count). The maximum Gasteiger partial charge on any atom is 0.410 e. The number of benzene rings is 2. The second kappa shape index (κ2) is 11.7. The Hall–Kier alpha value is -2.83. The smallest absolute Gasteiger partial charge is 0.410 e. The third-order valence-electron chi connectivity index (χ3n) is 5.39. The molecular formula is C25H30ClN3O3. The van der Waals surface area contributed by atoms with Crippen LogP contribution in [0.25, 0.3) is 0 Å². The summed E-state index contributed by atoms with van der Waals surface area (Å²) in [6.07, 6.45) is 2.54. The van der Waals surface area contributed by atoms with Crippen molar-refractivity contribution in [2.75, 3.05) is 7.11 Å². The van der Waals surface area contributed by atoms with Crippen LogP contribution in [0.15, 0.2) is 54.6 Å². The zero-order chi connectivity index (χ0) is 22.9. The lowest BCUT2D eigenvalue weighted by Gasteiger charge is -2.21. The molecule has 0 aliphatic carbocycles. The number of aromatic nitrogens is 2. The second-order valence-corrected chi connectivity index (χ2v) is 8.10. The van der Waals surface area contributed by atoms with Crippen molar-refractivity contribution in [3.63, 3.8) is 0 Å². The summed E-state index contributed by atoms with van der Waals surface area (Å²) in [5.74, 6) is 0.893. The zero-order valence-electron chi connectivity index (χ0n) is 18.6. The number of aryl methyl sites for hydroxylation is 1. The molecule has 0 fully saturated rings. The predicted octanol–water partition coefficient (Wildman–Crippen LogP) is 5.19. The molecule has 0 spiro atoms. The first-order valence-electron chi connectivity index (χ1n) is 10.8. The number of rotatable bonds is 10. The molecule has 0 bridgehead atoms. The fourth-order valence-electron chi connectivity index (χ4n) is 3.64. The average Bonchev–Trinajstić information content (AvgIpc) is 3.12. The molecule has 7 heteroatoms. The Morgan fingerprint density at radius 1 is 1.06 bits per heavy atom. The van der Waals surface area contributed by atoms with Crippen LogP contribution in [0.2, 0.25) is 5.15 Å². The molecule has 170 valence electrons. The monoisotopic (exact) mass is 455 g/mol. The second-order valence-electron chi connectivity index (χ2n) is 7.74. The molecule has 32 heavy (non-hydrogen) atoms. The lowest BCUT2D eigenvalue weighted by atomic mass is 10.1. The number of carbonyl (C=O) groups excluding carboxylic acids is 1. The van der Waals surface area contributed by atoms with Crippen molar-refractivity contribution < 1.29 is 14.6 Å². The number of hydrogen-bond donors (Lipinski definition) is 1. The van der Waals surface area contributed by atoms with Crippen LogP contribution in [0.5, 0.6) is 0 Å². The first-order chi connectivity index (χ1) is 15.5. The summed E-state index contributed by atoms with van der Waals surface area (Å²) >= 11 is 6.25. The highest BCUT2D eigenvalue weighted by Crippen LogP contribution is 2.21. The van der Waals surface area contributed by atoms with E-state index in [2.05, 4.69) is 11.9 Å². The highest BCUT2D eigenvalue weighted by atomic mass is 35.5. The normalized spacial score (nSPS) is 10.9. The van der Waals surface area contributed by atoms with Gasteiger partial charge in [-0.15, -0.1) is 0 Å². The van der Waals surface area contributed by atoms with Gasteiger partial charge < -0.3 is 14.4 Å². The van der Waals surface area contributed by atoms with Gasteiger partial charge in [-0.2, -0.15) is 0 Å². The predicted molar refractivity (Wildman–Crippen MR) is 125 cm³/mol. The Balaban J connectivity index is 1.74. The van der Waals surface area contributed by atoms with E-state index >= 15 is 0 Å². The van der Waals surface area contributed by atoms with Gasteiger partial charge in [-0.05, 0) is 23.1 Å². The van der Waals surface area contributed by atoms with E-state index < -0.39 is 0 Å². The van der Waals surface area contributed by atoms with Gasteiger partial charge in [-0.1, -0.05) is 79.5 Å². The van der Waals surface area contributed by atoms with Gasteiger partial charge in [0.1, 0.15) is 5.82 Å². The van der Waals surface area contributed by atoms with Crippen molar-refractivity contribution >= 4 is 17.7 Å². The minimum absolute atomic E-state index is 0.149. The Kier molecular flexibility index (Phi) is 8.71. The molecule has 2 aromatic carbocycles. The number of halogens is 1. The molecule has 0 aliphatic rings. The van der Waals surface area contributed by atoms with Crippen molar-refractivity contribution in [2.24, 2.45) is 0 Å². The Morgan fingerprint density at radius 2 is 1.69 bits per heavy atom. The van der Waals surface area contributed by atoms with E-state index in [1.807, 2.05) is 59.2 Å². The van der Waals surface area contributed by atoms with E-state index in [0.29, 0.717) is 30.5 Å². The van der Waals surface area contributed by atoms with Crippen LogP contribution >= 0.6 is 11.6 Å². The SMILES string of the molecule is CCCCc1nc(Cl)c(CO)n1Cc1ccc(CN(Cc2ccccc2)C(=O)OC)cc1. The minimum atomic E-state index is -0.362. The lowest BCUT2D eigenvalue weighted by Crippen LogP contribution is -2.29. The molecule has 1 aromatic heterocycles. The first-order valence-corrected chi connectivity index (χ1v) is 11.2. The van der Waals surface area contributed by atoms with Gasteiger partial charge in [0.05, 0.1) is 19.4 Å². The summed E-state index contributed by atoms with van der Waals surface area (Å²) in [5.41, 5.74) is 3.76. The first kappa shape index (κ1) is 23.8. The average molecular weight is 456 g/mol. The van der Waals surface area contributed by atoms with Crippen molar-refractivity contribution in [1.82, 2.24) is 14.5 Å². The van der Waals surface area contributed by atoms with Gasteiger partial charge in [-0.25, -0.2) is 9.78 Å². The molecule has 1 heterocycles. The van der Waals surface area contributed by atoms with E-state index in [4.69, 9.17) is 16.3 Å². The Bertz CT molecular complexity index is 1000. The van der Waals surface area contributed by atoms with Gasteiger partial charge in [-0.3, -0.25) is 4.90 Å². The molecule has 0 aliphatic heterocycles. The minimum Gasteiger partial charge on any atom is -0.453 e. The fraction of sp³-hybridized carbons (Fsp3) is 0.360. The number of amides is 1. The highest BCUT2D eigenvalue weighted by molar-refractivity contribution is 6.30. The van der Waals surface area contributed by atoms with Crippen molar-refractivity contribution in [1.29, 1.82) is 0 Å². The molecule has 6 nitrogen and oxygen atoms in total. The summed E-state index contributed by atoms with van der Waals surface area (Å²) in [4.78, 5) is 18.4. The Morgan fingerprint density at radius 3 is 2.28 bits per heavy atom. The van der Waals surface area contributed by atoms with Crippen molar-refractivity contribution in [2.45, 2.75) is 52.4 Å². The van der Waals surface area contributed by atoms with Crippen LogP contribution in [0.1, 0.15) is 48.0 Å². The van der Waals surface area contributed by atoms with E-state index in [1.54, 1.807) is 4.90 Å². The number of carbonyl (C=O) groups is 1. The molecule has 1 N–H and O–H groups in total. The van der Waals surface area contributed by atoms with Gasteiger partial charge in [0.15, 0.2) is 5.15 Å². The molecule has 0 atom stereocenters. The van der Waals surface area contributed by atoms with Crippen LogP contribution < -0.4 is 0 Å². The number of nitrogens with zero attached hydrogens (tertiary/aromatic N) is 3. The van der Waals surface area contributed by atoms with Gasteiger partial charge in [0.2, 0.25) is 0 Å². The molecule has 0 unspecified atom stereocenters. The third kappa shape index (κ3) is 6.11. The topological polar surface area (TPSA) is 67.6 Å². The van der Waals surface area contributed by atoms with Crippen LogP contribution in [0.3, 0.4) is 0 Å². The number of unbranched alkanes of at least 4 members (excludes halogenated alkanes) is 1. The summed E-state index contributed by atoms with van der Waals surface area (Å²) in [7, 11) is 1.40. The zero-order valence-corrected chi connectivity index (χ0v) is 19.4. The van der Waals surface area contributed by atoms with Gasteiger partial charge in [0.25, 0.3) is 0 Å². The van der Waals surface area contributed by atoms with Gasteiger partial charge >= 0.3 is 6.09 Å². The number of ether oxygens (including phenoxy) is 1. The number of hydrogen-bond acceptors (Lipinski definition) is 4. The van der Waals surface area contributed by atoms with Crippen molar-refractivity contribution in [3.8, 4) is 0 Å².